The maximum atomic E-state index is 11.4. The summed E-state index contributed by atoms with van der Waals surface area (Å²) in [6.45, 7) is 0. The predicted octanol–water partition coefficient (Wildman–Crippen LogP) is 1.91. The molecule has 0 aliphatic heterocycles. The van der Waals surface area contributed by atoms with Gasteiger partial charge in [-0.1, -0.05) is 24.0 Å². The summed E-state index contributed by atoms with van der Waals surface area (Å²) in [5.74, 6) is 0. The lowest BCUT2D eigenvalue weighted by molar-refractivity contribution is 0.254. The number of hydrogen-bond donors (Lipinski definition) is 2. The third-order valence-corrected chi connectivity index (χ3v) is 3.63. The van der Waals surface area contributed by atoms with Crippen LogP contribution in [0.3, 0.4) is 0 Å². The zero-order chi connectivity index (χ0) is 15.5. The van der Waals surface area contributed by atoms with Gasteiger partial charge in [0.15, 0.2) is 0 Å². The molecule has 2 N–H and O–H groups in total. The molecule has 0 aliphatic carbocycles. The van der Waals surface area contributed by atoms with Crippen molar-refractivity contribution in [1.29, 1.82) is 0 Å². The van der Waals surface area contributed by atoms with Crippen LogP contribution in [0.4, 0.5) is 10.5 Å². The Morgan fingerprint density at radius 3 is 2.91 bits per heavy atom. The van der Waals surface area contributed by atoms with E-state index in [2.05, 4.69) is 41.7 Å². The monoisotopic (exact) mass is 292 g/mol. The number of carbonyl (C=O) groups is 1. The fourth-order valence-electron chi connectivity index (χ4n) is 2.41. The fourth-order valence-corrected chi connectivity index (χ4v) is 2.41. The number of imidazole rings is 1. The summed E-state index contributed by atoms with van der Waals surface area (Å²) in [5.41, 5.74) is 5.00. The van der Waals surface area contributed by atoms with Crippen molar-refractivity contribution in [3.8, 4) is 5.69 Å². The van der Waals surface area contributed by atoms with E-state index in [0.717, 1.165) is 28.7 Å². The van der Waals surface area contributed by atoms with Crippen molar-refractivity contribution < 1.29 is 4.79 Å². The summed E-state index contributed by atoms with van der Waals surface area (Å²) in [6, 6.07) is 13.7. The van der Waals surface area contributed by atoms with Gasteiger partial charge >= 0.3 is 6.03 Å². The second-order valence-corrected chi connectivity index (χ2v) is 5.05. The van der Waals surface area contributed by atoms with E-state index in [1.54, 1.807) is 7.05 Å². The Balaban J connectivity index is 2.00. The highest BCUT2D eigenvalue weighted by Crippen LogP contribution is 2.21. The smallest absolute Gasteiger partial charge is 0.318 e. The first-order valence-corrected chi connectivity index (χ1v) is 7.26. The van der Waals surface area contributed by atoms with Gasteiger partial charge in [-0.3, -0.25) is 4.57 Å². The Kier molecular flexibility index (Phi) is 3.83. The molecule has 3 rings (SSSR count). The molecule has 0 radical (unpaired) electrons. The third-order valence-electron chi connectivity index (χ3n) is 3.63. The second kappa shape index (κ2) is 5.93. The van der Waals surface area contributed by atoms with E-state index < -0.39 is 0 Å². The fraction of sp³-hybridized carbons (Fsp3) is 0.125. The van der Waals surface area contributed by atoms with Crippen LogP contribution < -0.4 is 10.6 Å². The van der Waals surface area contributed by atoms with Gasteiger partial charge in [0.2, 0.25) is 0 Å². The zero-order valence-electron chi connectivity index (χ0n) is 12.6. The van der Waals surface area contributed by atoms with Crippen molar-refractivity contribution in [2.45, 2.75) is 6.32 Å². The average Bonchev–Trinajstić information content (AvgIpc) is 2.97. The van der Waals surface area contributed by atoms with Crippen molar-refractivity contribution >= 4 is 30.6 Å². The van der Waals surface area contributed by atoms with E-state index in [1.165, 1.54) is 5.56 Å². The molecule has 1 heterocycles. The van der Waals surface area contributed by atoms with Gasteiger partial charge in [-0.15, -0.1) is 0 Å². The molecule has 5 nitrogen and oxygen atoms in total. The molecule has 0 aliphatic rings. The summed E-state index contributed by atoms with van der Waals surface area (Å²) in [5, 5.41) is 5.32. The highest BCUT2D eigenvalue weighted by molar-refractivity contribution is 6.08. The maximum Gasteiger partial charge on any atom is 0.318 e. The number of nitrogens with zero attached hydrogens (tertiary/aromatic N) is 2. The largest absolute Gasteiger partial charge is 0.341 e. The van der Waals surface area contributed by atoms with Crippen LogP contribution in [0.5, 0.6) is 0 Å². The zero-order valence-corrected chi connectivity index (χ0v) is 12.6. The summed E-state index contributed by atoms with van der Waals surface area (Å²) >= 11 is 0. The molecule has 0 bridgehead atoms. The summed E-state index contributed by atoms with van der Waals surface area (Å²) in [6.07, 6.45) is 2.80. The molecule has 3 aromatic rings. The molecule has 2 aromatic carbocycles. The standard InChI is InChI=1S/C16H17BN4O/c1-18-16(22)20-12-3-2-4-13(8-12)21-10-19-14-7-11(9-17)5-6-15(14)21/h2-8,10H,9,17H2,1H3,(H2,18,20,22). The van der Waals surface area contributed by atoms with Crippen LogP contribution in [-0.4, -0.2) is 30.5 Å². The summed E-state index contributed by atoms with van der Waals surface area (Å²) < 4.78 is 2.02. The molecule has 0 atom stereocenters. The van der Waals surface area contributed by atoms with Crippen LogP contribution in [-0.2, 0) is 6.32 Å². The van der Waals surface area contributed by atoms with Crippen LogP contribution in [0.2, 0.25) is 0 Å². The second-order valence-electron chi connectivity index (χ2n) is 5.05. The highest BCUT2D eigenvalue weighted by Gasteiger charge is 2.06. The van der Waals surface area contributed by atoms with Gasteiger partial charge in [-0.2, -0.15) is 0 Å². The van der Waals surface area contributed by atoms with Crippen molar-refractivity contribution in [3.63, 3.8) is 0 Å². The number of aromatic nitrogens is 2. The van der Waals surface area contributed by atoms with E-state index >= 15 is 0 Å². The van der Waals surface area contributed by atoms with Crippen LogP contribution in [0.15, 0.2) is 48.8 Å². The molecule has 0 fully saturated rings. The van der Waals surface area contributed by atoms with Gasteiger partial charge in [0, 0.05) is 18.4 Å². The predicted molar refractivity (Wildman–Crippen MR) is 91.4 cm³/mol. The number of anilines is 1. The Hall–Kier alpha value is -2.76. The summed E-state index contributed by atoms with van der Waals surface area (Å²) in [4.78, 5) is 15.9. The van der Waals surface area contributed by atoms with Crippen LogP contribution >= 0.6 is 0 Å². The Morgan fingerprint density at radius 1 is 1.27 bits per heavy atom. The number of amides is 2. The number of carbonyl (C=O) groups excluding carboxylic acids is 1. The molecule has 2 amide bonds. The van der Waals surface area contributed by atoms with Crippen LogP contribution in [0.25, 0.3) is 16.7 Å². The third kappa shape index (κ3) is 2.68. The minimum atomic E-state index is -0.236. The van der Waals surface area contributed by atoms with Gasteiger partial charge in [-0.25, -0.2) is 9.78 Å². The van der Waals surface area contributed by atoms with Crippen molar-refractivity contribution in [2.24, 2.45) is 0 Å². The van der Waals surface area contributed by atoms with Crippen LogP contribution in [0, 0.1) is 0 Å². The first-order chi connectivity index (χ1) is 10.7. The molecule has 6 heteroatoms. The van der Waals surface area contributed by atoms with E-state index in [-0.39, 0.29) is 6.03 Å². The first kappa shape index (κ1) is 14.2. The topological polar surface area (TPSA) is 59.0 Å². The van der Waals surface area contributed by atoms with Gasteiger partial charge in [0.25, 0.3) is 0 Å². The molecule has 0 spiro atoms. The van der Waals surface area contributed by atoms with Gasteiger partial charge in [0.05, 0.1) is 11.0 Å². The molecule has 110 valence electrons. The molecule has 1 aromatic heterocycles. The van der Waals surface area contributed by atoms with Crippen LogP contribution in [0.1, 0.15) is 5.56 Å². The van der Waals surface area contributed by atoms with E-state index in [4.69, 9.17) is 0 Å². The number of nitrogens with one attached hydrogen (secondary N) is 2. The highest BCUT2D eigenvalue weighted by atomic mass is 16.2. The molecular formula is C16H17BN4O. The minimum absolute atomic E-state index is 0.236. The molecular weight excluding hydrogens is 275 g/mol. The molecule has 22 heavy (non-hydrogen) atoms. The Bertz CT molecular complexity index is 828. The quantitative estimate of drug-likeness (QED) is 0.724. The molecule has 0 saturated carbocycles. The number of urea groups is 1. The minimum Gasteiger partial charge on any atom is -0.341 e. The number of fused-ring (bicyclic) bond motifs is 1. The van der Waals surface area contributed by atoms with Crippen molar-refractivity contribution in [2.75, 3.05) is 12.4 Å². The lowest BCUT2D eigenvalue weighted by Gasteiger charge is -2.08. The first-order valence-electron chi connectivity index (χ1n) is 7.26. The Morgan fingerprint density at radius 2 is 2.14 bits per heavy atom. The SMILES string of the molecule is BCc1ccc2c(c1)ncn2-c1cccc(NC(=O)NC)c1. The van der Waals surface area contributed by atoms with Gasteiger partial charge in [0.1, 0.15) is 14.2 Å². The summed E-state index contributed by atoms with van der Waals surface area (Å²) in [7, 11) is 3.72. The number of benzene rings is 2. The van der Waals surface area contributed by atoms with E-state index in [0.29, 0.717) is 0 Å². The number of hydrogen-bond acceptors (Lipinski definition) is 2. The lowest BCUT2D eigenvalue weighted by Crippen LogP contribution is -2.24. The van der Waals surface area contributed by atoms with Crippen molar-refractivity contribution in [1.82, 2.24) is 14.9 Å². The molecule has 0 saturated heterocycles. The van der Waals surface area contributed by atoms with Crippen molar-refractivity contribution in [3.05, 3.63) is 54.4 Å². The molecule has 0 unspecified atom stereocenters. The number of rotatable bonds is 3. The average molecular weight is 292 g/mol. The Labute approximate surface area is 129 Å². The van der Waals surface area contributed by atoms with Gasteiger partial charge < -0.3 is 10.6 Å². The van der Waals surface area contributed by atoms with E-state index in [9.17, 15) is 4.79 Å². The maximum absolute atomic E-state index is 11.4. The van der Waals surface area contributed by atoms with E-state index in [1.807, 2.05) is 35.2 Å². The van der Waals surface area contributed by atoms with Gasteiger partial charge in [-0.05, 0) is 30.3 Å². The normalized spacial score (nSPS) is 10.6. The lowest BCUT2D eigenvalue weighted by atomic mass is 9.97.